The van der Waals surface area contributed by atoms with Gasteiger partial charge in [0.15, 0.2) is 12.4 Å². The highest BCUT2D eigenvalue weighted by Crippen LogP contribution is 2.53. The van der Waals surface area contributed by atoms with E-state index in [1.807, 2.05) is 42.5 Å². The van der Waals surface area contributed by atoms with Crippen molar-refractivity contribution in [2.45, 2.75) is 18.9 Å². The first-order valence-corrected chi connectivity index (χ1v) is 11.4. The first-order chi connectivity index (χ1) is 15.9. The van der Waals surface area contributed by atoms with E-state index in [-0.39, 0.29) is 30.1 Å². The van der Waals surface area contributed by atoms with Crippen LogP contribution in [-0.2, 0) is 25.5 Å². The van der Waals surface area contributed by atoms with Gasteiger partial charge in [0.05, 0.1) is 11.8 Å². The Hall–Kier alpha value is -3.25. The summed E-state index contributed by atoms with van der Waals surface area (Å²) in [6.07, 6.45) is 4.96. The molecule has 7 heteroatoms. The maximum atomic E-state index is 13.3. The van der Waals surface area contributed by atoms with E-state index >= 15 is 0 Å². The van der Waals surface area contributed by atoms with Crippen molar-refractivity contribution in [3.8, 4) is 0 Å². The quantitative estimate of drug-likeness (QED) is 0.272. The van der Waals surface area contributed by atoms with Gasteiger partial charge in [-0.15, -0.1) is 0 Å². The number of hydrogen-bond donors (Lipinski definition) is 0. The van der Waals surface area contributed by atoms with Gasteiger partial charge in [-0.3, -0.25) is 19.3 Å². The van der Waals surface area contributed by atoms with Gasteiger partial charge >= 0.3 is 5.97 Å². The van der Waals surface area contributed by atoms with E-state index in [9.17, 15) is 19.2 Å². The molecule has 6 nitrogen and oxygen atoms in total. The highest BCUT2D eigenvalue weighted by Gasteiger charge is 2.61. The number of allylic oxidation sites excluding steroid dienone is 2. The highest BCUT2D eigenvalue weighted by molar-refractivity contribution is 6.30. The van der Waals surface area contributed by atoms with Gasteiger partial charge in [-0.2, -0.15) is 0 Å². The molecule has 2 bridgehead atoms. The van der Waals surface area contributed by atoms with E-state index in [1.54, 1.807) is 24.3 Å². The summed E-state index contributed by atoms with van der Waals surface area (Å²) in [6, 6.07) is 14.3. The smallest absolute Gasteiger partial charge is 0.330 e. The number of fused-ring (bicyclic) bond motifs is 5. The van der Waals surface area contributed by atoms with Crippen molar-refractivity contribution < 1.29 is 23.9 Å². The van der Waals surface area contributed by atoms with Gasteiger partial charge < -0.3 is 4.74 Å². The molecule has 0 spiro atoms. The number of halogens is 1. The minimum Gasteiger partial charge on any atom is -0.456 e. The van der Waals surface area contributed by atoms with Crippen molar-refractivity contribution in [3.63, 3.8) is 0 Å². The Bertz CT molecular complexity index is 1110. The van der Waals surface area contributed by atoms with E-state index in [4.69, 9.17) is 16.3 Å². The molecule has 2 amide bonds. The summed E-state index contributed by atoms with van der Waals surface area (Å²) in [5, 5.41) is 0.492. The van der Waals surface area contributed by atoms with Crippen LogP contribution in [0, 0.1) is 23.7 Å². The van der Waals surface area contributed by atoms with Gasteiger partial charge in [-0.25, -0.2) is 4.79 Å². The van der Waals surface area contributed by atoms with E-state index in [2.05, 4.69) is 0 Å². The van der Waals surface area contributed by atoms with Crippen molar-refractivity contribution in [3.05, 3.63) is 82.9 Å². The van der Waals surface area contributed by atoms with E-state index < -0.39 is 36.2 Å². The normalized spacial score (nSPS) is 25.9. The first-order valence-electron chi connectivity index (χ1n) is 11.0. The first kappa shape index (κ1) is 21.6. The fourth-order valence-electron chi connectivity index (χ4n) is 5.30. The fraction of sp³-hybridized carbons (Fsp3) is 0.308. The molecule has 33 heavy (non-hydrogen) atoms. The summed E-state index contributed by atoms with van der Waals surface area (Å²) in [5.41, 5.74) is 1.15. The Balaban J connectivity index is 1.36. The number of Topliss-reactive ketones (excluding diaryl/α,β-unsaturated/α-hetero) is 1. The van der Waals surface area contributed by atoms with Crippen molar-refractivity contribution in [1.82, 2.24) is 4.90 Å². The third kappa shape index (κ3) is 3.89. The monoisotopic (exact) mass is 463 g/mol. The number of rotatable bonds is 7. The average molecular weight is 464 g/mol. The molecule has 0 N–H and O–H groups in total. The average Bonchev–Trinajstić information content (AvgIpc) is 3.51. The summed E-state index contributed by atoms with van der Waals surface area (Å²) >= 11 is 5.86. The second-order valence-corrected chi connectivity index (χ2v) is 9.23. The molecule has 5 atom stereocenters. The Morgan fingerprint density at radius 2 is 1.55 bits per heavy atom. The van der Waals surface area contributed by atoms with Crippen LogP contribution in [-0.4, -0.2) is 41.1 Å². The Labute approximate surface area is 196 Å². The maximum absolute atomic E-state index is 13.3. The molecule has 2 fully saturated rings. The molecule has 0 radical (unpaired) electrons. The third-order valence-electron chi connectivity index (χ3n) is 6.87. The number of benzene rings is 2. The second-order valence-electron chi connectivity index (χ2n) is 8.79. The lowest BCUT2D eigenvalue weighted by atomic mass is 9.85. The maximum Gasteiger partial charge on any atom is 0.330 e. The van der Waals surface area contributed by atoms with E-state index in [0.29, 0.717) is 10.6 Å². The van der Waals surface area contributed by atoms with Crippen molar-refractivity contribution in [2.24, 2.45) is 23.7 Å². The Morgan fingerprint density at radius 3 is 2.15 bits per heavy atom. The SMILES string of the molecule is O=C(COC(=O)[C@@H](Cc1ccccc1)N1C(=O)[C@@H]2[C@H](C1=O)[C@@H]1C=C[C@H]2C1)c1ccc(Cl)cc1. The second kappa shape index (κ2) is 8.60. The summed E-state index contributed by atoms with van der Waals surface area (Å²) < 4.78 is 5.34. The number of ether oxygens (including phenoxy) is 1. The predicted octanol–water partition coefficient (Wildman–Crippen LogP) is 3.48. The number of carbonyl (C=O) groups excluding carboxylic acids is 4. The molecular weight excluding hydrogens is 442 g/mol. The molecule has 3 aliphatic rings. The number of amides is 2. The molecule has 2 aliphatic carbocycles. The lowest BCUT2D eigenvalue weighted by Crippen LogP contribution is -2.48. The van der Waals surface area contributed by atoms with E-state index in [0.717, 1.165) is 16.9 Å². The van der Waals surface area contributed by atoms with Gasteiger partial charge in [0.1, 0.15) is 6.04 Å². The Morgan fingerprint density at radius 1 is 0.939 bits per heavy atom. The van der Waals surface area contributed by atoms with Crippen molar-refractivity contribution >= 4 is 35.2 Å². The number of hydrogen-bond acceptors (Lipinski definition) is 5. The molecule has 0 unspecified atom stereocenters. The van der Waals surface area contributed by atoms with Gasteiger partial charge in [0, 0.05) is 17.0 Å². The predicted molar refractivity (Wildman–Crippen MR) is 120 cm³/mol. The van der Waals surface area contributed by atoms with Crippen molar-refractivity contribution in [2.75, 3.05) is 6.61 Å². The van der Waals surface area contributed by atoms with Crippen LogP contribution < -0.4 is 0 Å². The lowest BCUT2D eigenvalue weighted by molar-refractivity contribution is -0.158. The fourth-order valence-corrected chi connectivity index (χ4v) is 5.43. The molecule has 0 aromatic heterocycles. The summed E-state index contributed by atoms with van der Waals surface area (Å²) in [7, 11) is 0. The number of ketones is 1. The zero-order valence-corrected chi connectivity index (χ0v) is 18.5. The molecule has 2 aromatic rings. The van der Waals surface area contributed by atoms with Crippen LogP contribution in [0.5, 0.6) is 0 Å². The minimum absolute atomic E-state index is 0.0429. The summed E-state index contributed by atoms with van der Waals surface area (Å²) in [5.74, 6) is -2.52. The van der Waals surface area contributed by atoms with Crippen LogP contribution >= 0.6 is 11.6 Å². The summed E-state index contributed by atoms with van der Waals surface area (Å²) in [6.45, 7) is -0.484. The van der Waals surface area contributed by atoms with Gasteiger partial charge in [0.2, 0.25) is 11.8 Å². The molecule has 1 saturated carbocycles. The summed E-state index contributed by atoms with van der Waals surface area (Å²) in [4.78, 5) is 53.3. The third-order valence-corrected chi connectivity index (χ3v) is 7.12. The van der Waals surface area contributed by atoms with Gasteiger partial charge in [-0.05, 0) is 48.1 Å². The number of carbonyl (C=O) groups is 4. The largest absolute Gasteiger partial charge is 0.456 e. The zero-order chi connectivity index (χ0) is 23.1. The topological polar surface area (TPSA) is 80.8 Å². The Kier molecular flexibility index (Phi) is 5.62. The molecule has 1 saturated heterocycles. The van der Waals surface area contributed by atoms with Gasteiger partial charge in [0.25, 0.3) is 0 Å². The van der Waals surface area contributed by atoms with E-state index in [1.165, 1.54) is 0 Å². The van der Waals surface area contributed by atoms with Crippen LogP contribution in [0.15, 0.2) is 66.7 Å². The van der Waals surface area contributed by atoms with Crippen LogP contribution in [0.1, 0.15) is 22.3 Å². The van der Waals surface area contributed by atoms with Crippen LogP contribution in [0.2, 0.25) is 5.02 Å². The molecule has 2 aromatic carbocycles. The molecule has 5 rings (SSSR count). The standard InChI is InChI=1S/C26H22ClNO5/c27-19-10-8-16(9-11-19)21(29)14-33-26(32)20(12-15-4-2-1-3-5-15)28-24(30)22-17-6-7-18(13-17)23(22)25(28)31/h1-11,17-18,20,22-23H,12-14H2/t17-,18+,20-,22-,23+/m1/s1. The number of likely N-dealkylation sites (tertiary alicyclic amines) is 1. The van der Waals surface area contributed by atoms with Crippen LogP contribution in [0.25, 0.3) is 0 Å². The minimum atomic E-state index is -1.12. The van der Waals surface area contributed by atoms with Crippen LogP contribution in [0.4, 0.5) is 0 Å². The number of esters is 1. The number of nitrogens with zero attached hydrogens (tertiary/aromatic N) is 1. The molecule has 1 heterocycles. The zero-order valence-electron chi connectivity index (χ0n) is 17.7. The number of imide groups is 1. The molecular formula is C26H22ClNO5. The highest BCUT2D eigenvalue weighted by atomic mass is 35.5. The molecule has 1 aliphatic heterocycles. The van der Waals surface area contributed by atoms with Crippen molar-refractivity contribution in [1.29, 1.82) is 0 Å². The van der Waals surface area contributed by atoms with Gasteiger partial charge in [-0.1, -0.05) is 54.1 Å². The molecule has 168 valence electrons. The van der Waals surface area contributed by atoms with Crippen LogP contribution in [0.3, 0.4) is 0 Å². The lowest BCUT2D eigenvalue weighted by Gasteiger charge is -2.26.